The number of rotatable bonds is 4. The van der Waals surface area contributed by atoms with Crippen LogP contribution >= 0.6 is 11.9 Å². The van der Waals surface area contributed by atoms with Gasteiger partial charge in [-0.3, -0.25) is 9.78 Å². The maximum atomic E-state index is 13.6. The number of aromatic nitrogens is 1. The second kappa shape index (κ2) is 7.28. The van der Waals surface area contributed by atoms with E-state index in [0.29, 0.717) is 30.5 Å². The van der Waals surface area contributed by atoms with Gasteiger partial charge >= 0.3 is 12.1 Å². The molecule has 1 saturated heterocycles. The fraction of sp³-hybridized carbons (Fsp3) is 0.333. The molecule has 0 amide bonds. The topological polar surface area (TPSA) is 53.4 Å². The first-order valence-electron chi connectivity index (χ1n) is 8.07. The van der Waals surface area contributed by atoms with Crippen molar-refractivity contribution in [1.29, 1.82) is 0 Å². The number of carboxylic acid groups (broad SMARTS) is 1. The smallest absolute Gasteiger partial charge is 0.417 e. The van der Waals surface area contributed by atoms with E-state index in [4.69, 9.17) is 0 Å². The Labute approximate surface area is 153 Å². The Morgan fingerprint density at radius 3 is 2.65 bits per heavy atom. The molecule has 0 aliphatic carbocycles. The van der Waals surface area contributed by atoms with Gasteiger partial charge in [0.15, 0.2) is 0 Å². The predicted molar refractivity (Wildman–Crippen MR) is 92.6 cm³/mol. The van der Waals surface area contributed by atoms with Gasteiger partial charge in [-0.05, 0) is 67.1 Å². The zero-order valence-corrected chi connectivity index (χ0v) is 14.8. The minimum Gasteiger partial charge on any atom is -0.480 e. The van der Waals surface area contributed by atoms with E-state index in [9.17, 15) is 23.1 Å². The van der Waals surface area contributed by atoms with Crippen molar-refractivity contribution in [3.8, 4) is 11.1 Å². The lowest BCUT2D eigenvalue weighted by molar-refractivity contribution is -0.140. The van der Waals surface area contributed by atoms with Gasteiger partial charge in [-0.25, -0.2) is 4.31 Å². The summed E-state index contributed by atoms with van der Waals surface area (Å²) >= 11 is 0.868. The maximum Gasteiger partial charge on any atom is 0.417 e. The number of carbonyl (C=O) groups is 1. The van der Waals surface area contributed by atoms with E-state index in [-0.39, 0.29) is 4.90 Å². The van der Waals surface area contributed by atoms with Crippen LogP contribution in [-0.2, 0) is 11.0 Å². The van der Waals surface area contributed by atoms with Crippen molar-refractivity contribution in [3.63, 3.8) is 0 Å². The number of aliphatic carboxylic acids is 1. The van der Waals surface area contributed by atoms with Crippen LogP contribution in [0.15, 0.2) is 41.4 Å². The average Bonchev–Trinajstić information content (AvgIpc) is 3.02. The van der Waals surface area contributed by atoms with Gasteiger partial charge in [-0.2, -0.15) is 13.2 Å². The van der Waals surface area contributed by atoms with E-state index in [1.165, 1.54) is 10.4 Å². The van der Waals surface area contributed by atoms with E-state index >= 15 is 0 Å². The van der Waals surface area contributed by atoms with Crippen LogP contribution in [0.5, 0.6) is 0 Å². The lowest BCUT2D eigenvalue weighted by Crippen LogP contribution is -2.30. The first-order chi connectivity index (χ1) is 12.3. The van der Waals surface area contributed by atoms with E-state index < -0.39 is 23.8 Å². The summed E-state index contributed by atoms with van der Waals surface area (Å²) in [4.78, 5) is 15.3. The van der Waals surface area contributed by atoms with Crippen LogP contribution in [0.3, 0.4) is 0 Å². The molecule has 0 saturated carbocycles. The molecule has 1 aliphatic heterocycles. The Kier molecular flexibility index (Phi) is 5.24. The Bertz CT molecular complexity index is 826. The van der Waals surface area contributed by atoms with Crippen LogP contribution in [0.4, 0.5) is 13.2 Å². The van der Waals surface area contributed by atoms with Gasteiger partial charge in [0, 0.05) is 23.3 Å². The largest absolute Gasteiger partial charge is 0.480 e. The summed E-state index contributed by atoms with van der Waals surface area (Å²) < 4.78 is 42.3. The van der Waals surface area contributed by atoms with Crippen molar-refractivity contribution < 1.29 is 23.1 Å². The van der Waals surface area contributed by atoms with Gasteiger partial charge in [-0.1, -0.05) is 6.07 Å². The lowest BCUT2D eigenvalue weighted by atomic mass is 10.0. The molecule has 1 fully saturated rings. The molecule has 1 N–H and O–H groups in total. The van der Waals surface area contributed by atoms with E-state index in [2.05, 4.69) is 4.98 Å². The van der Waals surface area contributed by atoms with Gasteiger partial charge < -0.3 is 5.11 Å². The summed E-state index contributed by atoms with van der Waals surface area (Å²) in [6, 6.07) is 6.78. The molecule has 0 radical (unpaired) electrons. The highest BCUT2D eigenvalue weighted by molar-refractivity contribution is 7.97. The quantitative estimate of drug-likeness (QED) is 0.782. The molecule has 3 rings (SSSR count). The van der Waals surface area contributed by atoms with E-state index in [1.54, 1.807) is 31.3 Å². The summed E-state index contributed by atoms with van der Waals surface area (Å²) in [5.41, 5.74) is 1.06. The summed E-state index contributed by atoms with van der Waals surface area (Å²) in [6.07, 6.45) is -1.88. The summed E-state index contributed by atoms with van der Waals surface area (Å²) in [7, 11) is 0. The minimum atomic E-state index is -4.53. The van der Waals surface area contributed by atoms with E-state index in [0.717, 1.165) is 23.7 Å². The highest BCUT2D eigenvalue weighted by atomic mass is 32.2. The Hall–Kier alpha value is -2.06. The molecule has 2 heterocycles. The third-order valence-corrected chi connectivity index (χ3v) is 5.44. The molecule has 1 unspecified atom stereocenters. The van der Waals surface area contributed by atoms with Crippen LogP contribution in [0.25, 0.3) is 11.1 Å². The highest BCUT2D eigenvalue weighted by Gasteiger charge is 2.37. The molecular formula is C18H17F3N2O2S. The third-order valence-electron chi connectivity index (χ3n) is 4.22. The van der Waals surface area contributed by atoms with Crippen LogP contribution in [-0.4, -0.2) is 33.0 Å². The summed E-state index contributed by atoms with van der Waals surface area (Å²) in [5.74, 6) is -1.01. The van der Waals surface area contributed by atoms with Gasteiger partial charge in [0.25, 0.3) is 0 Å². The first-order valence-corrected chi connectivity index (χ1v) is 8.85. The molecule has 138 valence electrons. The van der Waals surface area contributed by atoms with Crippen LogP contribution in [0.2, 0.25) is 0 Å². The number of aryl methyl sites for hydroxylation is 1. The van der Waals surface area contributed by atoms with Crippen LogP contribution in [0, 0.1) is 6.92 Å². The molecule has 1 aromatic heterocycles. The Balaban J connectivity index is 1.97. The number of benzene rings is 1. The molecule has 26 heavy (non-hydrogen) atoms. The van der Waals surface area contributed by atoms with Crippen LogP contribution < -0.4 is 0 Å². The summed E-state index contributed by atoms with van der Waals surface area (Å²) in [6.45, 7) is 2.22. The number of pyridine rings is 1. The Morgan fingerprint density at radius 2 is 2.00 bits per heavy atom. The monoisotopic (exact) mass is 382 g/mol. The predicted octanol–water partition coefficient (Wildman–Crippen LogP) is 4.63. The van der Waals surface area contributed by atoms with Crippen molar-refractivity contribution in [2.75, 3.05) is 6.54 Å². The molecule has 1 aromatic carbocycles. The number of hydrogen-bond donors (Lipinski definition) is 1. The third kappa shape index (κ3) is 4.02. The maximum absolute atomic E-state index is 13.6. The SMILES string of the molecule is Cc1cc(-c2ccc(SN3CCCC3C(=O)O)c(C(F)(F)F)c2)ccn1. The number of alkyl halides is 3. The molecule has 1 aliphatic rings. The fourth-order valence-electron chi connectivity index (χ4n) is 2.96. The zero-order chi connectivity index (χ0) is 18.9. The average molecular weight is 382 g/mol. The van der Waals surface area contributed by atoms with Gasteiger partial charge in [0.1, 0.15) is 6.04 Å². The Morgan fingerprint density at radius 1 is 1.27 bits per heavy atom. The molecule has 2 aromatic rings. The number of halogens is 3. The summed E-state index contributed by atoms with van der Waals surface area (Å²) in [5, 5.41) is 9.23. The molecular weight excluding hydrogens is 365 g/mol. The molecule has 0 spiro atoms. The molecule has 1 atom stereocenters. The van der Waals surface area contributed by atoms with E-state index in [1.807, 2.05) is 0 Å². The van der Waals surface area contributed by atoms with Crippen molar-refractivity contribution in [2.24, 2.45) is 0 Å². The van der Waals surface area contributed by atoms with Gasteiger partial charge in [0.2, 0.25) is 0 Å². The lowest BCUT2D eigenvalue weighted by Gasteiger charge is -2.22. The second-order valence-corrected chi connectivity index (χ2v) is 7.21. The first kappa shape index (κ1) is 18.7. The number of hydrogen-bond acceptors (Lipinski definition) is 4. The van der Waals surface area contributed by atoms with Crippen molar-refractivity contribution in [2.45, 2.75) is 36.9 Å². The number of nitrogens with zero attached hydrogens (tertiary/aromatic N) is 2. The molecule has 0 bridgehead atoms. The van der Waals surface area contributed by atoms with Gasteiger partial charge in [-0.15, -0.1) is 0 Å². The zero-order valence-electron chi connectivity index (χ0n) is 14.0. The standard InChI is InChI=1S/C18H17F3N2O2S/c1-11-9-13(6-7-22-11)12-4-5-16(14(10-12)18(19,20)21)26-23-8-2-3-15(23)17(24)25/h4-7,9-10,15H,2-3,8H2,1H3,(H,24,25). The van der Waals surface area contributed by atoms with Crippen molar-refractivity contribution in [1.82, 2.24) is 9.29 Å². The number of carboxylic acids is 1. The normalized spacial score (nSPS) is 18.2. The minimum absolute atomic E-state index is 0.0141. The fourth-order valence-corrected chi connectivity index (χ4v) is 4.16. The highest BCUT2D eigenvalue weighted by Crippen LogP contribution is 2.41. The van der Waals surface area contributed by atoms with Crippen molar-refractivity contribution in [3.05, 3.63) is 47.8 Å². The second-order valence-electron chi connectivity index (χ2n) is 6.12. The van der Waals surface area contributed by atoms with Crippen LogP contribution in [0.1, 0.15) is 24.1 Å². The molecule has 4 nitrogen and oxygen atoms in total. The van der Waals surface area contributed by atoms with Crippen molar-refractivity contribution >= 4 is 17.9 Å². The van der Waals surface area contributed by atoms with Gasteiger partial charge in [0.05, 0.1) is 5.56 Å². The molecule has 8 heteroatoms.